The van der Waals surface area contributed by atoms with Gasteiger partial charge in [-0.15, -0.1) is 0 Å². The van der Waals surface area contributed by atoms with Crippen LogP contribution in [0, 0.1) is 29.3 Å². The summed E-state index contributed by atoms with van der Waals surface area (Å²) >= 11 is 0. The number of benzene rings is 2. The molecule has 1 aromatic heterocycles. The first-order chi connectivity index (χ1) is 19.0. The first-order valence-electron chi connectivity index (χ1n) is 13.1. The summed E-state index contributed by atoms with van der Waals surface area (Å²) in [5.74, 6) is -4.10. The van der Waals surface area contributed by atoms with Crippen LogP contribution in [0.2, 0.25) is 0 Å². The molecule has 1 heterocycles. The zero-order chi connectivity index (χ0) is 29.4. The second kappa shape index (κ2) is 13.8. The zero-order valence-corrected chi connectivity index (χ0v) is 22.7. The minimum atomic E-state index is -1.12. The molecule has 0 unspecified atom stereocenters. The number of unbranched alkanes of at least 4 members (excludes halogenated alkanes) is 1. The molecule has 214 valence electrons. The van der Waals surface area contributed by atoms with Crippen molar-refractivity contribution in [1.82, 2.24) is 4.57 Å². The molecule has 40 heavy (non-hydrogen) atoms. The summed E-state index contributed by atoms with van der Waals surface area (Å²) < 4.78 is 54.7. The fraction of sp³-hybridized carbons (Fsp3) is 0.367. The summed E-state index contributed by atoms with van der Waals surface area (Å²) in [4.78, 5) is 37.6. The molecule has 0 saturated carbocycles. The number of nitrogens with zero attached hydrogens (tertiary/aromatic N) is 1. The van der Waals surface area contributed by atoms with E-state index in [-0.39, 0.29) is 35.4 Å². The number of pyridine rings is 1. The molecule has 0 aliphatic carbocycles. The number of hydrogen-bond acceptors (Lipinski definition) is 6. The second-order valence-corrected chi connectivity index (χ2v) is 9.80. The van der Waals surface area contributed by atoms with Gasteiger partial charge in [0.15, 0.2) is 17.4 Å². The number of nitrogen functional groups attached to an aromatic ring is 1. The van der Waals surface area contributed by atoms with Gasteiger partial charge >= 0.3 is 5.97 Å². The molecule has 10 heteroatoms. The van der Waals surface area contributed by atoms with Crippen molar-refractivity contribution in [3.63, 3.8) is 0 Å². The Hall–Kier alpha value is -4.08. The van der Waals surface area contributed by atoms with Crippen molar-refractivity contribution in [2.24, 2.45) is 11.8 Å². The molecule has 3 rings (SSSR count). The van der Waals surface area contributed by atoms with E-state index in [0.717, 1.165) is 36.4 Å². The average Bonchev–Trinajstić information content (AvgIpc) is 2.89. The van der Waals surface area contributed by atoms with E-state index in [1.54, 1.807) is 6.92 Å². The van der Waals surface area contributed by atoms with Crippen LogP contribution < -0.4 is 16.0 Å². The lowest BCUT2D eigenvalue weighted by molar-refractivity contribution is -0.148. The number of carbonyl (C=O) groups excluding carboxylic acids is 2. The number of nitrogens with two attached hydrogens (primary N) is 1. The van der Waals surface area contributed by atoms with Crippen LogP contribution in [0.15, 0.2) is 53.3 Å². The Bertz CT molecular complexity index is 1380. The van der Waals surface area contributed by atoms with Gasteiger partial charge < -0.3 is 15.2 Å². The van der Waals surface area contributed by atoms with E-state index in [9.17, 15) is 18.8 Å². The molecule has 0 aliphatic heterocycles. The SMILES string of the molecule is CCOC(=O)[C@@H](CCCCOc1cc(F)c(-n2c(N)c(C(=O)c3ccc(F)cc3)ccc2=O)c(F)c1)CC(C)C. The zero-order valence-electron chi connectivity index (χ0n) is 22.7. The fourth-order valence-corrected chi connectivity index (χ4v) is 4.42. The number of rotatable bonds is 13. The average molecular weight is 559 g/mol. The van der Waals surface area contributed by atoms with Crippen LogP contribution in [0.3, 0.4) is 0 Å². The summed E-state index contributed by atoms with van der Waals surface area (Å²) in [6.07, 6.45) is 2.51. The molecule has 2 N–H and O–H groups in total. The molecule has 0 fully saturated rings. The highest BCUT2D eigenvalue weighted by Gasteiger charge is 2.23. The van der Waals surface area contributed by atoms with Crippen molar-refractivity contribution >= 4 is 17.6 Å². The Kier molecular flexibility index (Phi) is 10.5. The second-order valence-electron chi connectivity index (χ2n) is 9.80. The topological polar surface area (TPSA) is 101 Å². The van der Waals surface area contributed by atoms with E-state index in [2.05, 4.69) is 0 Å². The third kappa shape index (κ3) is 7.52. The molecule has 2 aromatic carbocycles. The molecule has 0 bridgehead atoms. The lowest BCUT2D eigenvalue weighted by atomic mass is 9.92. The van der Waals surface area contributed by atoms with Crippen LogP contribution in [-0.2, 0) is 9.53 Å². The predicted molar refractivity (Wildman–Crippen MR) is 145 cm³/mol. The van der Waals surface area contributed by atoms with Crippen molar-refractivity contribution in [3.8, 4) is 11.4 Å². The first kappa shape index (κ1) is 30.5. The van der Waals surface area contributed by atoms with Crippen LogP contribution in [0.1, 0.15) is 62.4 Å². The van der Waals surface area contributed by atoms with E-state index in [1.165, 1.54) is 12.1 Å². The standard InChI is InChI=1S/C30H33F3N2O5/c1-4-39-30(38)20(15-18(2)3)7-5-6-14-40-22-16-24(32)27(25(33)17-22)35-26(36)13-12-23(29(35)34)28(37)19-8-10-21(31)11-9-19/h8-13,16-18,20H,4-7,14-15,34H2,1-3H3/t20-/m0/s1. The van der Waals surface area contributed by atoms with Crippen LogP contribution >= 0.6 is 0 Å². The Labute approximate surface area is 230 Å². The third-order valence-corrected chi connectivity index (χ3v) is 6.29. The number of aromatic nitrogens is 1. The lowest BCUT2D eigenvalue weighted by Crippen LogP contribution is -2.25. The molecule has 0 radical (unpaired) electrons. The van der Waals surface area contributed by atoms with Crippen molar-refractivity contribution in [2.45, 2.75) is 46.5 Å². The van der Waals surface area contributed by atoms with Gasteiger partial charge in [0.05, 0.1) is 24.7 Å². The Morgan fingerprint density at radius 3 is 2.23 bits per heavy atom. The molecular weight excluding hydrogens is 525 g/mol. The summed E-state index contributed by atoms with van der Waals surface area (Å²) in [6.45, 7) is 6.29. The Morgan fingerprint density at radius 2 is 1.62 bits per heavy atom. The predicted octanol–water partition coefficient (Wildman–Crippen LogP) is 5.84. The number of halogens is 3. The highest BCUT2D eigenvalue weighted by atomic mass is 19.1. The summed E-state index contributed by atoms with van der Waals surface area (Å²) in [6, 6.07) is 8.63. The smallest absolute Gasteiger partial charge is 0.308 e. The van der Waals surface area contributed by atoms with Gasteiger partial charge in [0.1, 0.15) is 23.1 Å². The molecule has 0 aliphatic rings. The maximum atomic E-state index is 15.1. The van der Waals surface area contributed by atoms with Crippen molar-refractivity contribution in [2.75, 3.05) is 18.9 Å². The minimum Gasteiger partial charge on any atom is -0.493 e. The number of ketones is 1. The number of ether oxygens (including phenoxy) is 2. The first-order valence-corrected chi connectivity index (χ1v) is 13.1. The lowest BCUT2D eigenvalue weighted by Gasteiger charge is -2.17. The summed E-state index contributed by atoms with van der Waals surface area (Å²) in [5, 5.41) is 0. The number of hydrogen-bond donors (Lipinski definition) is 1. The highest BCUT2D eigenvalue weighted by Crippen LogP contribution is 2.27. The van der Waals surface area contributed by atoms with E-state index in [0.29, 0.717) is 42.8 Å². The van der Waals surface area contributed by atoms with E-state index < -0.39 is 40.3 Å². The van der Waals surface area contributed by atoms with Gasteiger partial charge in [0.2, 0.25) is 0 Å². The molecular formula is C30H33F3N2O5. The van der Waals surface area contributed by atoms with Gasteiger partial charge in [-0.3, -0.25) is 19.0 Å². The molecule has 0 amide bonds. The number of carbonyl (C=O) groups is 2. The van der Waals surface area contributed by atoms with Gasteiger partial charge in [-0.1, -0.05) is 13.8 Å². The van der Waals surface area contributed by atoms with Crippen LogP contribution in [0.4, 0.5) is 19.0 Å². The van der Waals surface area contributed by atoms with Crippen LogP contribution in [-0.4, -0.2) is 29.5 Å². The molecule has 1 atom stereocenters. The van der Waals surface area contributed by atoms with Crippen molar-refractivity contribution < 1.29 is 32.2 Å². The number of esters is 1. The molecule has 3 aromatic rings. The maximum absolute atomic E-state index is 15.1. The summed E-state index contributed by atoms with van der Waals surface area (Å²) in [5.41, 5.74) is 4.34. The number of anilines is 1. The molecule has 0 saturated heterocycles. The van der Waals surface area contributed by atoms with Crippen molar-refractivity contribution in [3.05, 3.63) is 87.5 Å². The van der Waals surface area contributed by atoms with Gasteiger partial charge in [0.25, 0.3) is 5.56 Å². The van der Waals surface area contributed by atoms with Crippen molar-refractivity contribution in [1.29, 1.82) is 0 Å². The van der Waals surface area contributed by atoms with Gasteiger partial charge in [-0.25, -0.2) is 13.2 Å². The van der Waals surface area contributed by atoms with Gasteiger partial charge in [-0.2, -0.15) is 0 Å². The van der Waals surface area contributed by atoms with Gasteiger partial charge in [0, 0.05) is 23.8 Å². The molecule has 7 nitrogen and oxygen atoms in total. The quantitative estimate of drug-likeness (QED) is 0.161. The Morgan fingerprint density at radius 1 is 0.975 bits per heavy atom. The van der Waals surface area contributed by atoms with Crippen LogP contribution in [0.25, 0.3) is 5.69 Å². The monoisotopic (exact) mass is 558 g/mol. The maximum Gasteiger partial charge on any atom is 0.308 e. The third-order valence-electron chi connectivity index (χ3n) is 6.29. The van der Waals surface area contributed by atoms with Crippen LogP contribution in [0.5, 0.6) is 5.75 Å². The molecule has 0 spiro atoms. The fourth-order valence-electron chi connectivity index (χ4n) is 4.42. The summed E-state index contributed by atoms with van der Waals surface area (Å²) in [7, 11) is 0. The van der Waals surface area contributed by atoms with E-state index in [4.69, 9.17) is 15.2 Å². The largest absolute Gasteiger partial charge is 0.493 e. The van der Waals surface area contributed by atoms with E-state index in [1.807, 2.05) is 13.8 Å². The minimum absolute atomic E-state index is 0.0840. The van der Waals surface area contributed by atoms with Gasteiger partial charge in [-0.05, 0) is 68.9 Å². The Balaban J connectivity index is 1.73. The highest BCUT2D eigenvalue weighted by molar-refractivity contribution is 6.11. The van der Waals surface area contributed by atoms with E-state index >= 15 is 8.78 Å². The normalized spacial score (nSPS) is 11.9.